The van der Waals surface area contributed by atoms with E-state index in [1.165, 1.54) is 17.5 Å². The molecule has 0 radical (unpaired) electrons. The molecule has 1 aliphatic heterocycles. The fourth-order valence-corrected chi connectivity index (χ4v) is 1.62. The van der Waals surface area contributed by atoms with Crippen LogP contribution >= 0.6 is 0 Å². The second kappa shape index (κ2) is 2.67. The van der Waals surface area contributed by atoms with Crippen LogP contribution in [0, 0.1) is 0 Å². The van der Waals surface area contributed by atoms with E-state index in [0.29, 0.717) is 6.04 Å². The van der Waals surface area contributed by atoms with Gasteiger partial charge in [-0.25, -0.2) is 0 Å². The van der Waals surface area contributed by atoms with Crippen molar-refractivity contribution in [1.29, 1.82) is 0 Å². The van der Waals surface area contributed by atoms with Gasteiger partial charge in [0.25, 0.3) is 0 Å². The molecule has 0 saturated carbocycles. The van der Waals surface area contributed by atoms with Gasteiger partial charge in [0.05, 0.1) is 0 Å². The van der Waals surface area contributed by atoms with Crippen LogP contribution in [0.5, 0.6) is 0 Å². The monoisotopic (exact) mass is 147 g/mol. The van der Waals surface area contributed by atoms with Gasteiger partial charge in [-0.15, -0.1) is 0 Å². The van der Waals surface area contributed by atoms with Crippen molar-refractivity contribution in [3.8, 4) is 0 Å². The molecule has 0 fully saturated rings. The molecule has 58 valence electrons. The Kier molecular flexibility index (Phi) is 1.66. The van der Waals surface area contributed by atoms with Crippen LogP contribution in [-0.4, -0.2) is 6.04 Å². The van der Waals surface area contributed by atoms with Crippen molar-refractivity contribution >= 4 is 0 Å². The molecule has 1 heterocycles. The predicted octanol–water partition coefficient (Wildman–Crippen LogP) is 1.72. The summed E-state index contributed by atoms with van der Waals surface area (Å²) in [6, 6.07) is 9.30. The van der Waals surface area contributed by atoms with Crippen molar-refractivity contribution in [2.24, 2.45) is 0 Å². The lowest BCUT2D eigenvalue weighted by Crippen LogP contribution is -2.32. The van der Waals surface area contributed by atoms with Gasteiger partial charge in [-0.3, -0.25) is 0 Å². The molecule has 1 aromatic rings. The van der Waals surface area contributed by atoms with Gasteiger partial charge in [0.2, 0.25) is 0 Å². The second-order valence-corrected chi connectivity index (χ2v) is 3.25. The average molecular weight is 147 g/mol. The van der Waals surface area contributed by atoms with Gasteiger partial charge in [-0.1, -0.05) is 24.3 Å². The van der Waals surface area contributed by atoms with Crippen LogP contribution < -0.4 is 5.32 Å². The third-order valence-corrected chi connectivity index (χ3v) is 2.29. The van der Waals surface area contributed by atoms with E-state index in [2.05, 4.69) is 36.5 Å². The molecule has 0 bridgehead atoms. The topological polar surface area (TPSA) is 12.0 Å². The van der Waals surface area contributed by atoms with E-state index >= 15 is 0 Å². The predicted molar refractivity (Wildman–Crippen MR) is 46.4 cm³/mol. The van der Waals surface area contributed by atoms with Gasteiger partial charge >= 0.3 is 0 Å². The normalized spacial score (nSPS) is 22.8. The minimum Gasteiger partial charge on any atom is -0.310 e. The Morgan fingerprint density at radius 1 is 1.27 bits per heavy atom. The Bertz CT molecular complexity index is 255. The van der Waals surface area contributed by atoms with Crippen molar-refractivity contribution < 1.29 is 0 Å². The first-order valence-electron chi connectivity index (χ1n) is 4.16. The van der Waals surface area contributed by atoms with Crippen LogP contribution in [0.25, 0.3) is 0 Å². The summed E-state index contributed by atoms with van der Waals surface area (Å²) in [5.74, 6) is 0. The summed E-state index contributed by atoms with van der Waals surface area (Å²) in [6.07, 6.45) is 1.18. The van der Waals surface area contributed by atoms with Crippen molar-refractivity contribution in [2.45, 2.75) is 25.9 Å². The highest BCUT2D eigenvalue weighted by molar-refractivity contribution is 5.29. The molecular weight excluding hydrogens is 134 g/mol. The van der Waals surface area contributed by atoms with Crippen LogP contribution in [0.2, 0.25) is 0 Å². The van der Waals surface area contributed by atoms with Crippen LogP contribution in [0.1, 0.15) is 18.1 Å². The van der Waals surface area contributed by atoms with E-state index < -0.39 is 0 Å². The third-order valence-electron chi connectivity index (χ3n) is 2.29. The molecule has 0 spiro atoms. The standard InChI is InChI=1S/C10H13N/c1-8-6-9-4-2-3-5-10(9)7-11-8/h2-5,8,11H,6-7H2,1H3. The van der Waals surface area contributed by atoms with Crippen molar-refractivity contribution in [3.05, 3.63) is 35.4 Å². The van der Waals surface area contributed by atoms with Crippen LogP contribution in [0.15, 0.2) is 24.3 Å². The van der Waals surface area contributed by atoms with E-state index in [9.17, 15) is 0 Å². The number of benzene rings is 1. The van der Waals surface area contributed by atoms with Gasteiger partial charge in [0.1, 0.15) is 0 Å². The first-order chi connectivity index (χ1) is 5.36. The number of hydrogen-bond donors (Lipinski definition) is 1. The van der Waals surface area contributed by atoms with Gasteiger partial charge in [-0.2, -0.15) is 0 Å². The zero-order chi connectivity index (χ0) is 7.68. The Balaban J connectivity index is 2.34. The number of hydrogen-bond acceptors (Lipinski definition) is 1. The zero-order valence-electron chi connectivity index (χ0n) is 6.80. The van der Waals surface area contributed by atoms with Crippen LogP contribution in [-0.2, 0) is 13.0 Å². The van der Waals surface area contributed by atoms with Crippen molar-refractivity contribution in [3.63, 3.8) is 0 Å². The van der Waals surface area contributed by atoms with Crippen molar-refractivity contribution in [2.75, 3.05) is 0 Å². The summed E-state index contributed by atoms with van der Waals surface area (Å²) in [5, 5.41) is 3.44. The smallest absolute Gasteiger partial charge is 0.0210 e. The Morgan fingerprint density at radius 3 is 2.82 bits per heavy atom. The number of nitrogens with one attached hydrogen (secondary N) is 1. The molecule has 2 rings (SSSR count). The Hall–Kier alpha value is -0.820. The van der Waals surface area contributed by atoms with E-state index in [4.69, 9.17) is 0 Å². The van der Waals surface area contributed by atoms with Gasteiger partial charge in [0.15, 0.2) is 0 Å². The van der Waals surface area contributed by atoms with Gasteiger partial charge < -0.3 is 5.32 Å². The van der Waals surface area contributed by atoms with Gasteiger partial charge in [-0.05, 0) is 24.5 Å². The van der Waals surface area contributed by atoms with Crippen LogP contribution in [0.3, 0.4) is 0 Å². The highest BCUT2D eigenvalue weighted by atomic mass is 14.9. The minimum absolute atomic E-state index is 0.643. The Labute approximate surface area is 67.4 Å². The average Bonchev–Trinajstić information content (AvgIpc) is 2.04. The Morgan fingerprint density at radius 2 is 2.00 bits per heavy atom. The summed E-state index contributed by atoms with van der Waals surface area (Å²) < 4.78 is 0. The fourth-order valence-electron chi connectivity index (χ4n) is 1.62. The first kappa shape index (κ1) is 6.86. The molecule has 1 aliphatic rings. The molecule has 1 atom stereocenters. The van der Waals surface area contributed by atoms with Crippen molar-refractivity contribution in [1.82, 2.24) is 5.32 Å². The number of fused-ring (bicyclic) bond motifs is 1. The van der Waals surface area contributed by atoms with E-state index in [-0.39, 0.29) is 0 Å². The lowest BCUT2D eigenvalue weighted by atomic mass is 9.97. The molecule has 1 heteroatoms. The molecule has 11 heavy (non-hydrogen) atoms. The highest BCUT2D eigenvalue weighted by Gasteiger charge is 2.12. The largest absolute Gasteiger partial charge is 0.310 e. The SMILES string of the molecule is CC1Cc2ccccc2CN1. The lowest BCUT2D eigenvalue weighted by molar-refractivity contribution is 0.513. The summed E-state index contributed by atoms with van der Waals surface area (Å²) in [6.45, 7) is 3.27. The number of rotatable bonds is 0. The molecule has 1 aromatic carbocycles. The fraction of sp³-hybridized carbons (Fsp3) is 0.400. The van der Waals surface area contributed by atoms with E-state index in [1.807, 2.05) is 0 Å². The maximum atomic E-state index is 3.44. The maximum Gasteiger partial charge on any atom is 0.0210 e. The molecule has 1 nitrogen and oxygen atoms in total. The molecule has 0 amide bonds. The van der Waals surface area contributed by atoms with E-state index in [0.717, 1.165) is 6.54 Å². The third kappa shape index (κ3) is 1.29. The molecule has 0 saturated heterocycles. The summed E-state index contributed by atoms with van der Waals surface area (Å²) in [4.78, 5) is 0. The molecule has 0 aliphatic carbocycles. The molecule has 1 unspecified atom stereocenters. The lowest BCUT2D eigenvalue weighted by Gasteiger charge is -2.22. The second-order valence-electron chi connectivity index (χ2n) is 3.25. The maximum absolute atomic E-state index is 3.44. The van der Waals surface area contributed by atoms with Crippen LogP contribution in [0.4, 0.5) is 0 Å². The molecular formula is C10H13N. The summed E-state index contributed by atoms with van der Waals surface area (Å²) in [5.41, 5.74) is 2.98. The van der Waals surface area contributed by atoms with Gasteiger partial charge in [0, 0.05) is 12.6 Å². The van der Waals surface area contributed by atoms with E-state index in [1.54, 1.807) is 0 Å². The summed E-state index contributed by atoms with van der Waals surface area (Å²) >= 11 is 0. The quantitative estimate of drug-likeness (QED) is 0.589. The first-order valence-corrected chi connectivity index (χ1v) is 4.16. The highest BCUT2D eigenvalue weighted by Crippen LogP contribution is 2.15. The molecule has 0 aromatic heterocycles. The summed E-state index contributed by atoms with van der Waals surface area (Å²) in [7, 11) is 0. The molecule has 1 N–H and O–H groups in total. The minimum atomic E-state index is 0.643. The zero-order valence-corrected chi connectivity index (χ0v) is 6.80.